The fraction of sp³-hybridized carbons (Fsp3) is 0.333. The summed E-state index contributed by atoms with van der Waals surface area (Å²) in [6.45, 7) is 6.52. The Bertz CT molecular complexity index is 565. The second kappa shape index (κ2) is 6.00. The topological polar surface area (TPSA) is 30.0 Å². The maximum Gasteiger partial charge on any atom is 0.163 e. The number of carbonyl (C=O) groups is 1. The second-order valence-electron chi connectivity index (χ2n) is 6.11. The largest absolute Gasteiger partial charge is 0.294 e. The van der Waals surface area contributed by atoms with Crippen LogP contribution in [0.4, 0.5) is 0 Å². The number of hydrogen-bond acceptors (Lipinski definition) is 2. The van der Waals surface area contributed by atoms with Gasteiger partial charge in [-0.15, -0.1) is 0 Å². The molecule has 104 valence electrons. The van der Waals surface area contributed by atoms with Crippen molar-refractivity contribution in [3.05, 3.63) is 65.5 Å². The average Bonchev–Trinajstić information content (AvgIpc) is 2.45. The van der Waals surface area contributed by atoms with Gasteiger partial charge in [-0.3, -0.25) is 9.78 Å². The van der Waals surface area contributed by atoms with Crippen LogP contribution in [0.25, 0.3) is 0 Å². The van der Waals surface area contributed by atoms with Crippen molar-refractivity contribution in [3.8, 4) is 0 Å². The molecule has 0 fully saturated rings. The monoisotopic (exact) mass is 267 g/mol. The molecule has 0 atom stereocenters. The molecule has 2 nitrogen and oxygen atoms in total. The minimum Gasteiger partial charge on any atom is -0.294 e. The molecule has 2 heteroatoms. The van der Waals surface area contributed by atoms with Crippen LogP contribution in [0.5, 0.6) is 0 Å². The van der Waals surface area contributed by atoms with Crippen LogP contribution in [0.1, 0.15) is 48.7 Å². The van der Waals surface area contributed by atoms with Crippen molar-refractivity contribution in [2.45, 2.75) is 39.0 Å². The van der Waals surface area contributed by atoms with Crippen LogP contribution in [0, 0.1) is 0 Å². The van der Waals surface area contributed by atoms with Crippen molar-refractivity contribution >= 4 is 5.78 Å². The number of rotatable bonds is 4. The summed E-state index contributed by atoms with van der Waals surface area (Å²) in [5.74, 6) is 0.197. The van der Waals surface area contributed by atoms with Crippen LogP contribution in [0.15, 0.2) is 48.8 Å². The smallest absolute Gasteiger partial charge is 0.163 e. The van der Waals surface area contributed by atoms with E-state index in [0.717, 1.165) is 17.5 Å². The third kappa shape index (κ3) is 3.77. The van der Waals surface area contributed by atoms with Gasteiger partial charge in [0.15, 0.2) is 5.78 Å². The number of hydrogen-bond donors (Lipinski definition) is 0. The summed E-state index contributed by atoms with van der Waals surface area (Å²) in [6, 6.07) is 11.9. The number of ketones is 1. The Kier molecular flexibility index (Phi) is 4.33. The van der Waals surface area contributed by atoms with E-state index in [9.17, 15) is 4.79 Å². The fourth-order valence-corrected chi connectivity index (χ4v) is 2.11. The van der Waals surface area contributed by atoms with E-state index in [-0.39, 0.29) is 11.2 Å². The summed E-state index contributed by atoms with van der Waals surface area (Å²) >= 11 is 0. The molecule has 0 aliphatic rings. The zero-order chi connectivity index (χ0) is 14.6. The molecule has 0 unspecified atom stereocenters. The first-order chi connectivity index (χ1) is 9.47. The quantitative estimate of drug-likeness (QED) is 0.777. The summed E-state index contributed by atoms with van der Waals surface area (Å²) in [7, 11) is 0. The van der Waals surface area contributed by atoms with Gasteiger partial charge in [-0.2, -0.15) is 0 Å². The number of nitrogens with zero attached hydrogens (tertiary/aromatic N) is 1. The molecular weight excluding hydrogens is 246 g/mol. The minimum absolute atomic E-state index is 0.124. The molecule has 20 heavy (non-hydrogen) atoms. The van der Waals surface area contributed by atoms with Crippen LogP contribution in [0.3, 0.4) is 0 Å². The Morgan fingerprint density at radius 2 is 1.60 bits per heavy atom. The summed E-state index contributed by atoms with van der Waals surface area (Å²) < 4.78 is 0. The number of aryl methyl sites for hydroxylation is 1. The van der Waals surface area contributed by atoms with E-state index in [1.165, 1.54) is 5.56 Å². The fourth-order valence-electron chi connectivity index (χ4n) is 2.11. The molecule has 0 radical (unpaired) electrons. The van der Waals surface area contributed by atoms with Gasteiger partial charge in [0.1, 0.15) is 0 Å². The number of carbonyl (C=O) groups excluding carboxylic acids is 1. The van der Waals surface area contributed by atoms with Gasteiger partial charge in [-0.1, -0.05) is 45.0 Å². The van der Waals surface area contributed by atoms with E-state index in [0.29, 0.717) is 6.42 Å². The normalized spacial score (nSPS) is 11.3. The standard InChI is InChI=1S/C18H21NO/c1-18(2,3)16-7-5-15(6-8-16)17(20)9-4-14-10-12-19-13-11-14/h5-8,10-13H,4,9H2,1-3H3. The van der Waals surface area contributed by atoms with Crippen LogP contribution >= 0.6 is 0 Å². The molecule has 2 aromatic rings. The van der Waals surface area contributed by atoms with Gasteiger partial charge in [0.25, 0.3) is 0 Å². The van der Waals surface area contributed by atoms with Crippen LogP contribution in [-0.2, 0) is 11.8 Å². The molecule has 0 N–H and O–H groups in total. The van der Waals surface area contributed by atoms with E-state index < -0.39 is 0 Å². The van der Waals surface area contributed by atoms with Gasteiger partial charge in [0.05, 0.1) is 0 Å². The minimum atomic E-state index is 0.124. The third-order valence-electron chi connectivity index (χ3n) is 3.46. The van der Waals surface area contributed by atoms with Crippen LogP contribution in [-0.4, -0.2) is 10.8 Å². The van der Waals surface area contributed by atoms with Crippen molar-refractivity contribution in [2.75, 3.05) is 0 Å². The highest BCUT2D eigenvalue weighted by Gasteiger charge is 2.14. The predicted molar refractivity (Wildman–Crippen MR) is 82.0 cm³/mol. The maximum absolute atomic E-state index is 12.2. The molecule has 0 aliphatic heterocycles. The second-order valence-corrected chi connectivity index (χ2v) is 6.11. The van der Waals surface area contributed by atoms with Crippen molar-refractivity contribution in [1.29, 1.82) is 0 Å². The Balaban J connectivity index is 1.99. The van der Waals surface area contributed by atoms with Gasteiger partial charge < -0.3 is 0 Å². The molecule has 0 saturated carbocycles. The Morgan fingerprint density at radius 1 is 1.00 bits per heavy atom. The van der Waals surface area contributed by atoms with Crippen molar-refractivity contribution in [3.63, 3.8) is 0 Å². The van der Waals surface area contributed by atoms with E-state index in [2.05, 4.69) is 37.9 Å². The van der Waals surface area contributed by atoms with E-state index in [1.807, 2.05) is 24.3 Å². The molecule has 0 aliphatic carbocycles. The molecule has 0 bridgehead atoms. The van der Waals surface area contributed by atoms with Gasteiger partial charge in [-0.05, 0) is 35.1 Å². The van der Waals surface area contributed by atoms with E-state index in [4.69, 9.17) is 0 Å². The Hall–Kier alpha value is -1.96. The molecule has 1 aromatic carbocycles. The molecule has 1 heterocycles. The summed E-state index contributed by atoms with van der Waals surface area (Å²) in [5.41, 5.74) is 3.33. The van der Waals surface area contributed by atoms with Crippen molar-refractivity contribution < 1.29 is 4.79 Å². The number of pyridine rings is 1. The first-order valence-corrected chi connectivity index (χ1v) is 6.99. The van der Waals surface area contributed by atoms with Gasteiger partial charge in [0, 0.05) is 24.4 Å². The first kappa shape index (κ1) is 14.4. The number of aromatic nitrogens is 1. The highest BCUT2D eigenvalue weighted by molar-refractivity contribution is 5.96. The molecule has 2 rings (SSSR count). The van der Waals surface area contributed by atoms with E-state index >= 15 is 0 Å². The number of benzene rings is 1. The highest BCUT2D eigenvalue weighted by atomic mass is 16.1. The molecule has 0 amide bonds. The Morgan fingerprint density at radius 3 is 2.15 bits per heavy atom. The first-order valence-electron chi connectivity index (χ1n) is 6.99. The molecule has 0 spiro atoms. The van der Waals surface area contributed by atoms with Crippen LogP contribution < -0.4 is 0 Å². The predicted octanol–water partition coefficient (Wildman–Crippen LogP) is 4.19. The van der Waals surface area contributed by atoms with Gasteiger partial charge in [-0.25, -0.2) is 0 Å². The summed E-state index contributed by atoms with van der Waals surface area (Å²) in [6.07, 6.45) is 4.83. The highest BCUT2D eigenvalue weighted by Crippen LogP contribution is 2.22. The maximum atomic E-state index is 12.2. The van der Waals surface area contributed by atoms with Crippen molar-refractivity contribution in [1.82, 2.24) is 4.98 Å². The zero-order valence-electron chi connectivity index (χ0n) is 12.4. The third-order valence-corrected chi connectivity index (χ3v) is 3.46. The van der Waals surface area contributed by atoms with E-state index in [1.54, 1.807) is 12.4 Å². The zero-order valence-corrected chi connectivity index (χ0v) is 12.4. The van der Waals surface area contributed by atoms with Gasteiger partial charge in [0.2, 0.25) is 0 Å². The Labute approximate surface area is 120 Å². The lowest BCUT2D eigenvalue weighted by molar-refractivity contribution is 0.0983. The molecular formula is C18H21NO. The SMILES string of the molecule is CC(C)(C)c1ccc(C(=O)CCc2ccncc2)cc1. The summed E-state index contributed by atoms with van der Waals surface area (Å²) in [5, 5.41) is 0. The van der Waals surface area contributed by atoms with Gasteiger partial charge >= 0.3 is 0 Å². The number of Topliss-reactive ketones (excluding diaryl/α,β-unsaturated/α-hetero) is 1. The van der Waals surface area contributed by atoms with Crippen LogP contribution in [0.2, 0.25) is 0 Å². The summed E-state index contributed by atoms with van der Waals surface area (Å²) in [4.78, 5) is 16.1. The lowest BCUT2D eigenvalue weighted by atomic mass is 9.86. The van der Waals surface area contributed by atoms with Crippen molar-refractivity contribution in [2.24, 2.45) is 0 Å². The molecule has 0 saturated heterocycles. The lowest BCUT2D eigenvalue weighted by Gasteiger charge is -2.18. The molecule has 1 aromatic heterocycles. The lowest BCUT2D eigenvalue weighted by Crippen LogP contribution is -2.11. The average molecular weight is 267 g/mol.